The Labute approximate surface area is 185 Å². The van der Waals surface area contributed by atoms with E-state index in [0.717, 1.165) is 44.6 Å². The molecular weight excluding hydrogens is 394 g/mol. The number of amides is 2. The molecule has 0 bridgehead atoms. The zero-order chi connectivity index (χ0) is 22.1. The molecule has 7 heteroatoms. The molecule has 1 saturated carbocycles. The highest BCUT2D eigenvalue weighted by molar-refractivity contribution is 5.69. The molecule has 1 aromatic carbocycles. The molecule has 3 aliphatic rings. The van der Waals surface area contributed by atoms with Gasteiger partial charge in [-0.3, -0.25) is 4.90 Å². The van der Waals surface area contributed by atoms with Crippen LogP contribution in [0.25, 0.3) is 0 Å². The van der Waals surface area contributed by atoms with Gasteiger partial charge < -0.3 is 19.3 Å². The first-order valence-corrected chi connectivity index (χ1v) is 11.4. The van der Waals surface area contributed by atoms with Crippen molar-refractivity contribution in [1.82, 2.24) is 14.7 Å². The highest BCUT2D eigenvalue weighted by atomic mass is 16.6. The Morgan fingerprint density at radius 3 is 2.32 bits per heavy atom. The van der Waals surface area contributed by atoms with E-state index >= 15 is 0 Å². The minimum atomic E-state index is -0.444. The third kappa shape index (κ3) is 5.32. The highest BCUT2D eigenvalue weighted by Gasteiger charge is 2.51. The maximum Gasteiger partial charge on any atom is 0.410 e. The Hall–Kier alpha value is -2.28. The fraction of sp³-hybridized carbons (Fsp3) is 0.667. The molecule has 1 aliphatic carbocycles. The molecule has 4 rings (SSSR count). The molecule has 2 aliphatic heterocycles. The molecule has 1 unspecified atom stereocenters. The molecule has 0 aromatic heterocycles. The molecule has 2 saturated heterocycles. The lowest BCUT2D eigenvalue weighted by molar-refractivity contribution is -0.0351. The van der Waals surface area contributed by atoms with E-state index < -0.39 is 5.60 Å². The van der Waals surface area contributed by atoms with E-state index in [1.165, 1.54) is 6.42 Å². The lowest BCUT2D eigenvalue weighted by Gasteiger charge is -2.48. The van der Waals surface area contributed by atoms with Gasteiger partial charge in [0, 0.05) is 50.7 Å². The van der Waals surface area contributed by atoms with Crippen molar-refractivity contribution in [3.8, 4) is 0 Å². The van der Waals surface area contributed by atoms with E-state index in [1.54, 1.807) is 0 Å². The smallest absolute Gasteiger partial charge is 0.410 e. The van der Waals surface area contributed by atoms with Gasteiger partial charge in [0.2, 0.25) is 0 Å². The molecule has 31 heavy (non-hydrogen) atoms. The number of carbonyl (C=O) groups is 2. The summed E-state index contributed by atoms with van der Waals surface area (Å²) >= 11 is 0. The Bertz CT molecular complexity index is 778. The molecular formula is C24H35N3O4. The molecule has 3 fully saturated rings. The van der Waals surface area contributed by atoms with Crippen LogP contribution >= 0.6 is 0 Å². The predicted octanol–water partition coefficient (Wildman–Crippen LogP) is 3.73. The number of likely N-dealkylation sites (tertiary alicyclic amines) is 1. The lowest BCUT2D eigenvalue weighted by atomic mass is 9.78. The second-order valence-corrected chi connectivity index (χ2v) is 10.3. The summed E-state index contributed by atoms with van der Waals surface area (Å²) in [4.78, 5) is 30.8. The van der Waals surface area contributed by atoms with Gasteiger partial charge in [-0.25, -0.2) is 9.59 Å². The average molecular weight is 430 g/mol. The molecule has 1 atom stereocenters. The van der Waals surface area contributed by atoms with Gasteiger partial charge in [-0.15, -0.1) is 0 Å². The van der Waals surface area contributed by atoms with E-state index in [9.17, 15) is 9.59 Å². The maximum absolute atomic E-state index is 12.4. The summed E-state index contributed by atoms with van der Waals surface area (Å²) in [6, 6.07) is 10.3. The summed E-state index contributed by atoms with van der Waals surface area (Å²) in [5.74, 6) is 0. The number of carbonyl (C=O) groups excluding carboxylic acids is 2. The van der Waals surface area contributed by atoms with Crippen LogP contribution in [-0.2, 0) is 16.1 Å². The number of benzene rings is 1. The van der Waals surface area contributed by atoms with Crippen molar-refractivity contribution in [2.45, 2.75) is 58.3 Å². The van der Waals surface area contributed by atoms with Crippen LogP contribution in [0.15, 0.2) is 30.3 Å². The minimum absolute atomic E-state index is 0.191. The number of rotatable bonds is 3. The normalized spacial score (nSPS) is 23.5. The second-order valence-electron chi connectivity index (χ2n) is 10.3. The highest BCUT2D eigenvalue weighted by Crippen LogP contribution is 2.47. The summed E-state index contributed by atoms with van der Waals surface area (Å²) < 4.78 is 11.0. The van der Waals surface area contributed by atoms with Crippen molar-refractivity contribution in [2.24, 2.45) is 5.41 Å². The number of nitrogens with zero attached hydrogens (tertiary/aromatic N) is 3. The monoisotopic (exact) mass is 429 g/mol. The Balaban J connectivity index is 1.18. The molecule has 170 valence electrons. The van der Waals surface area contributed by atoms with Crippen LogP contribution in [0.5, 0.6) is 0 Å². The van der Waals surface area contributed by atoms with Gasteiger partial charge in [-0.05, 0) is 45.6 Å². The Kier molecular flexibility index (Phi) is 6.15. The fourth-order valence-electron chi connectivity index (χ4n) is 5.07. The van der Waals surface area contributed by atoms with E-state index in [2.05, 4.69) is 4.90 Å². The summed E-state index contributed by atoms with van der Waals surface area (Å²) in [6.07, 6.45) is 3.05. The Morgan fingerprint density at radius 1 is 1.00 bits per heavy atom. The van der Waals surface area contributed by atoms with Gasteiger partial charge in [-0.1, -0.05) is 30.3 Å². The molecule has 1 aromatic rings. The third-order valence-electron chi connectivity index (χ3n) is 6.67. The van der Waals surface area contributed by atoms with E-state index in [-0.39, 0.29) is 17.6 Å². The van der Waals surface area contributed by atoms with Gasteiger partial charge in [0.1, 0.15) is 12.2 Å². The zero-order valence-corrected chi connectivity index (χ0v) is 19.0. The summed E-state index contributed by atoms with van der Waals surface area (Å²) in [5, 5.41) is 0. The van der Waals surface area contributed by atoms with E-state index in [0.29, 0.717) is 25.7 Å². The molecule has 0 N–H and O–H groups in total. The van der Waals surface area contributed by atoms with Gasteiger partial charge >= 0.3 is 12.2 Å². The van der Waals surface area contributed by atoms with Gasteiger partial charge in [0.15, 0.2) is 0 Å². The SMILES string of the molecule is CC(C)(C)OC(=O)N1CC2(CCC(N3CCN(C(=O)OCc4ccccc4)CC3)C2)C1. The summed E-state index contributed by atoms with van der Waals surface area (Å²) in [7, 11) is 0. The van der Waals surface area contributed by atoms with E-state index in [1.807, 2.05) is 60.9 Å². The quantitative estimate of drug-likeness (QED) is 0.733. The van der Waals surface area contributed by atoms with Crippen molar-refractivity contribution < 1.29 is 19.1 Å². The topological polar surface area (TPSA) is 62.3 Å². The Morgan fingerprint density at radius 2 is 1.68 bits per heavy atom. The molecule has 7 nitrogen and oxygen atoms in total. The van der Waals surface area contributed by atoms with Gasteiger partial charge in [0.05, 0.1) is 0 Å². The molecule has 2 heterocycles. The predicted molar refractivity (Wildman–Crippen MR) is 118 cm³/mol. The second kappa shape index (κ2) is 8.69. The summed E-state index contributed by atoms with van der Waals surface area (Å²) in [5.41, 5.74) is 0.819. The van der Waals surface area contributed by atoms with Crippen LogP contribution in [0.1, 0.15) is 45.6 Å². The standard InChI is InChI=1S/C24H35N3O4/c1-23(2,3)31-22(29)27-17-24(18-27)10-9-20(15-24)25-11-13-26(14-12-25)21(28)30-16-19-7-5-4-6-8-19/h4-8,20H,9-18H2,1-3H3. The fourth-order valence-corrected chi connectivity index (χ4v) is 5.07. The molecule has 2 amide bonds. The first-order chi connectivity index (χ1) is 14.7. The lowest BCUT2D eigenvalue weighted by Crippen LogP contribution is -2.59. The average Bonchev–Trinajstić information content (AvgIpc) is 3.16. The molecule has 0 radical (unpaired) electrons. The van der Waals surface area contributed by atoms with Crippen LogP contribution in [-0.4, -0.2) is 77.8 Å². The maximum atomic E-state index is 12.4. The van der Waals surface area contributed by atoms with Crippen LogP contribution in [0, 0.1) is 5.41 Å². The van der Waals surface area contributed by atoms with Crippen molar-refractivity contribution in [3.63, 3.8) is 0 Å². The zero-order valence-electron chi connectivity index (χ0n) is 19.0. The van der Waals surface area contributed by atoms with Crippen molar-refractivity contribution in [3.05, 3.63) is 35.9 Å². The van der Waals surface area contributed by atoms with Gasteiger partial charge in [-0.2, -0.15) is 0 Å². The number of hydrogen-bond acceptors (Lipinski definition) is 5. The minimum Gasteiger partial charge on any atom is -0.445 e. The number of piperazine rings is 1. The molecule has 1 spiro atoms. The summed E-state index contributed by atoms with van der Waals surface area (Å²) in [6.45, 7) is 10.8. The van der Waals surface area contributed by atoms with E-state index in [4.69, 9.17) is 9.47 Å². The van der Waals surface area contributed by atoms with Crippen LogP contribution in [0.2, 0.25) is 0 Å². The largest absolute Gasteiger partial charge is 0.445 e. The third-order valence-corrected chi connectivity index (χ3v) is 6.67. The van der Waals surface area contributed by atoms with Crippen molar-refractivity contribution in [1.29, 1.82) is 0 Å². The van der Waals surface area contributed by atoms with Crippen LogP contribution in [0.4, 0.5) is 9.59 Å². The number of ether oxygens (including phenoxy) is 2. The van der Waals surface area contributed by atoms with Crippen LogP contribution in [0.3, 0.4) is 0 Å². The van der Waals surface area contributed by atoms with Crippen molar-refractivity contribution in [2.75, 3.05) is 39.3 Å². The first-order valence-electron chi connectivity index (χ1n) is 11.4. The van der Waals surface area contributed by atoms with Crippen molar-refractivity contribution >= 4 is 12.2 Å². The number of hydrogen-bond donors (Lipinski definition) is 0. The van der Waals surface area contributed by atoms with Gasteiger partial charge in [0.25, 0.3) is 0 Å². The van der Waals surface area contributed by atoms with Crippen LogP contribution < -0.4 is 0 Å². The first kappa shape index (κ1) is 21.9.